The standard InChI is InChI=1S/C24H28N2O8/c1-24(2,3)34-23(29)25-20(22(28)33-16-17-7-5-4-6-8-17)13-14-21(27)32-15-18-9-11-19(12-10-18)26(30)31/h4-12,20H,13-16H2,1-3H3,(H,25,29)/t20-/m1/s1. The van der Waals surface area contributed by atoms with Gasteiger partial charge in [0.2, 0.25) is 0 Å². The molecule has 1 N–H and O–H groups in total. The van der Waals surface area contributed by atoms with Crippen molar-refractivity contribution < 1.29 is 33.5 Å². The number of nitrogens with one attached hydrogen (secondary N) is 1. The summed E-state index contributed by atoms with van der Waals surface area (Å²) in [6, 6.07) is 13.5. The van der Waals surface area contributed by atoms with Gasteiger partial charge < -0.3 is 19.5 Å². The molecule has 1 atom stereocenters. The normalized spacial score (nSPS) is 11.7. The molecule has 0 radical (unpaired) electrons. The highest BCUT2D eigenvalue weighted by atomic mass is 16.6. The van der Waals surface area contributed by atoms with Gasteiger partial charge in [0.1, 0.15) is 24.9 Å². The number of alkyl carbamates (subject to hydrolysis) is 1. The number of hydrogen-bond acceptors (Lipinski definition) is 8. The monoisotopic (exact) mass is 472 g/mol. The van der Waals surface area contributed by atoms with Crippen molar-refractivity contribution in [3.8, 4) is 0 Å². The second kappa shape index (κ2) is 12.3. The van der Waals surface area contributed by atoms with E-state index in [4.69, 9.17) is 14.2 Å². The van der Waals surface area contributed by atoms with Gasteiger partial charge in [0.25, 0.3) is 5.69 Å². The number of carbonyl (C=O) groups excluding carboxylic acids is 3. The first kappa shape index (κ1) is 26.3. The zero-order valence-corrected chi connectivity index (χ0v) is 19.3. The summed E-state index contributed by atoms with van der Waals surface area (Å²) in [4.78, 5) is 47.1. The number of nitro groups is 1. The Labute approximate surface area is 197 Å². The summed E-state index contributed by atoms with van der Waals surface area (Å²) in [5.74, 6) is -1.32. The maximum absolute atomic E-state index is 12.6. The van der Waals surface area contributed by atoms with Crippen LogP contribution in [0.3, 0.4) is 0 Å². The van der Waals surface area contributed by atoms with Gasteiger partial charge in [-0.3, -0.25) is 14.9 Å². The number of hydrogen-bond donors (Lipinski definition) is 1. The van der Waals surface area contributed by atoms with Gasteiger partial charge in [-0.15, -0.1) is 0 Å². The van der Waals surface area contributed by atoms with E-state index in [-0.39, 0.29) is 31.7 Å². The third-order valence-electron chi connectivity index (χ3n) is 4.38. The van der Waals surface area contributed by atoms with Crippen molar-refractivity contribution in [2.24, 2.45) is 0 Å². The molecule has 0 aliphatic carbocycles. The Bertz CT molecular complexity index is 984. The fourth-order valence-corrected chi connectivity index (χ4v) is 2.74. The van der Waals surface area contributed by atoms with E-state index in [9.17, 15) is 24.5 Å². The molecule has 0 spiro atoms. The fourth-order valence-electron chi connectivity index (χ4n) is 2.74. The quantitative estimate of drug-likeness (QED) is 0.237. The number of benzene rings is 2. The van der Waals surface area contributed by atoms with E-state index >= 15 is 0 Å². The predicted molar refractivity (Wildman–Crippen MR) is 122 cm³/mol. The average molecular weight is 472 g/mol. The number of esters is 2. The van der Waals surface area contributed by atoms with Crippen molar-refractivity contribution in [2.45, 2.75) is 58.5 Å². The van der Waals surface area contributed by atoms with E-state index in [1.54, 1.807) is 45.0 Å². The van der Waals surface area contributed by atoms with Crippen LogP contribution in [0.25, 0.3) is 0 Å². The Morgan fingerprint density at radius 3 is 2.12 bits per heavy atom. The molecular formula is C24H28N2O8. The van der Waals surface area contributed by atoms with Gasteiger partial charge in [-0.2, -0.15) is 0 Å². The lowest BCUT2D eigenvalue weighted by atomic mass is 10.1. The minimum absolute atomic E-state index is 0.0107. The van der Waals surface area contributed by atoms with Gasteiger partial charge in [0.05, 0.1) is 4.92 Å². The predicted octanol–water partition coefficient (Wildman–Crippen LogP) is 4.05. The highest BCUT2D eigenvalue weighted by molar-refractivity contribution is 5.82. The van der Waals surface area contributed by atoms with E-state index in [1.807, 2.05) is 6.07 Å². The van der Waals surface area contributed by atoms with Gasteiger partial charge in [-0.1, -0.05) is 30.3 Å². The molecule has 1 amide bonds. The third-order valence-corrected chi connectivity index (χ3v) is 4.38. The largest absolute Gasteiger partial charge is 0.461 e. The topological polar surface area (TPSA) is 134 Å². The summed E-state index contributed by atoms with van der Waals surface area (Å²) in [7, 11) is 0. The first-order valence-corrected chi connectivity index (χ1v) is 10.6. The van der Waals surface area contributed by atoms with Gasteiger partial charge in [0, 0.05) is 18.6 Å². The molecule has 0 bridgehead atoms. The summed E-state index contributed by atoms with van der Waals surface area (Å²) >= 11 is 0. The minimum Gasteiger partial charge on any atom is -0.461 e. The first-order chi connectivity index (χ1) is 16.0. The molecule has 34 heavy (non-hydrogen) atoms. The van der Waals surface area contributed by atoms with E-state index in [0.717, 1.165) is 5.56 Å². The van der Waals surface area contributed by atoms with Crippen LogP contribution in [0.4, 0.5) is 10.5 Å². The number of nitro benzene ring substituents is 1. The molecule has 0 unspecified atom stereocenters. The Balaban J connectivity index is 1.92. The van der Waals surface area contributed by atoms with E-state index < -0.39 is 34.6 Å². The highest BCUT2D eigenvalue weighted by Gasteiger charge is 2.26. The molecule has 0 aliphatic rings. The maximum atomic E-state index is 12.6. The Morgan fingerprint density at radius 2 is 1.53 bits per heavy atom. The Kier molecular flexibility index (Phi) is 9.54. The minimum atomic E-state index is -1.12. The molecule has 0 saturated carbocycles. The Hall–Kier alpha value is -3.95. The van der Waals surface area contributed by atoms with Crippen LogP contribution in [0.2, 0.25) is 0 Å². The van der Waals surface area contributed by atoms with E-state index in [1.165, 1.54) is 24.3 Å². The van der Waals surface area contributed by atoms with Crippen LogP contribution in [0.15, 0.2) is 54.6 Å². The SMILES string of the molecule is CC(C)(C)OC(=O)N[C@H](CCC(=O)OCc1ccc([N+](=O)[O-])cc1)C(=O)OCc1ccccc1. The highest BCUT2D eigenvalue weighted by Crippen LogP contribution is 2.14. The average Bonchev–Trinajstić information content (AvgIpc) is 2.78. The lowest BCUT2D eigenvalue weighted by Gasteiger charge is -2.23. The molecule has 2 aromatic carbocycles. The van der Waals surface area contributed by atoms with Crippen molar-refractivity contribution in [3.63, 3.8) is 0 Å². The zero-order valence-electron chi connectivity index (χ0n) is 19.3. The second-order valence-corrected chi connectivity index (χ2v) is 8.42. The van der Waals surface area contributed by atoms with Crippen molar-refractivity contribution in [1.29, 1.82) is 0 Å². The van der Waals surface area contributed by atoms with Crippen molar-refractivity contribution >= 4 is 23.7 Å². The summed E-state index contributed by atoms with van der Waals surface area (Å²) in [5, 5.41) is 13.2. The second-order valence-electron chi connectivity index (χ2n) is 8.42. The number of non-ortho nitro benzene ring substituents is 1. The van der Waals surface area contributed by atoms with Crippen LogP contribution >= 0.6 is 0 Å². The number of carbonyl (C=O) groups is 3. The van der Waals surface area contributed by atoms with Crippen LogP contribution in [-0.2, 0) is 37.0 Å². The lowest BCUT2D eigenvalue weighted by Crippen LogP contribution is -2.44. The van der Waals surface area contributed by atoms with Gasteiger partial charge >= 0.3 is 18.0 Å². The molecule has 10 heteroatoms. The maximum Gasteiger partial charge on any atom is 0.408 e. The zero-order chi connectivity index (χ0) is 25.1. The summed E-state index contributed by atoms with van der Waals surface area (Å²) in [5.41, 5.74) is 0.505. The number of ether oxygens (including phenoxy) is 3. The molecule has 0 fully saturated rings. The van der Waals surface area contributed by atoms with Crippen LogP contribution in [0.1, 0.15) is 44.7 Å². The van der Waals surface area contributed by atoms with Gasteiger partial charge in [-0.25, -0.2) is 9.59 Å². The summed E-state index contributed by atoms with van der Waals surface area (Å²) in [6.45, 7) is 4.98. The van der Waals surface area contributed by atoms with Crippen LogP contribution in [0.5, 0.6) is 0 Å². The van der Waals surface area contributed by atoms with Gasteiger partial charge in [-0.05, 0) is 50.5 Å². The molecule has 2 aromatic rings. The van der Waals surface area contributed by atoms with Crippen LogP contribution < -0.4 is 5.32 Å². The summed E-state index contributed by atoms with van der Waals surface area (Å²) in [6.07, 6.45) is -1.05. The third kappa shape index (κ3) is 9.68. The molecule has 0 aromatic heterocycles. The molecular weight excluding hydrogens is 444 g/mol. The smallest absolute Gasteiger partial charge is 0.408 e. The number of nitrogens with zero attached hydrogens (tertiary/aromatic N) is 1. The number of rotatable bonds is 10. The summed E-state index contributed by atoms with van der Waals surface area (Å²) < 4.78 is 15.7. The first-order valence-electron chi connectivity index (χ1n) is 10.6. The molecule has 0 saturated heterocycles. The van der Waals surface area contributed by atoms with Gasteiger partial charge in [0.15, 0.2) is 0 Å². The molecule has 2 rings (SSSR count). The van der Waals surface area contributed by atoms with Crippen molar-refractivity contribution in [3.05, 3.63) is 75.8 Å². The fraction of sp³-hybridized carbons (Fsp3) is 0.375. The van der Waals surface area contributed by atoms with E-state index in [2.05, 4.69) is 5.32 Å². The molecule has 0 aliphatic heterocycles. The van der Waals surface area contributed by atoms with Crippen molar-refractivity contribution in [2.75, 3.05) is 0 Å². The van der Waals surface area contributed by atoms with E-state index in [0.29, 0.717) is 5.56 Å². The van der Waals surface area contributed by atoms with Crippen LogP contribution in [-0.4, -0.2) is 34.6 Å². The number of amides is 1. The van der Waals surface area contributed by atoms with Crippen molar-refractivity contribution in [1.82, 2.24) is 5.32 Å². The molecule has 10 nitrogen and oxygen atoms in total. The molecule has 182 valence electrons. The lowest BCUT2D eigenvalue weighted by molar-refractivity contribution is -0.384. The Morgan fingerprint density at radius 1 is 0.941 bits per heavy atom. The van der Waals surface area contributed by atoms with Crippen LogP contribution in [0, 0.1) is 10.1 Å². The molecule has 0 heterocycles.